The van der Waals surface area contributed by atoms with Crippen LogP contribution < -0.4 is 10.0 Å². The molecule has 0 bridgehead atoms. The SMILES string of the molecule is O=C(Cc1ccc(NS(=O)(=O)c2ccc(F)cc2)cc1)NC(c1ccccc1)c1ccncc1. The molecule has 1 unspecified atom stereocenters. The third-order valence-corrected chi connectivity index (χ3v) is 6.57. The molecule has 8 heteroatoms. The Bertz CT molecular complexity index is 1310. The highest BCUT2D eigenvalue weighted by molar-refractivity contribution is 7.92. The fraction of sp³-hybridized carbons (Fsp3) is 0.0769. The molecule has 0 spiro atoms. The Balaban J connectivity index is 1.43. The first-order valence-corrected chi connectivity index (χ1v) is 12.0. The maximum absolute atomic E-state index is 13.1. The maximum Gasteiger partial charge on any atom is 0.261 e. The number of hydrogen-bond acceptors (Lipinski definition) is 4. The molecule has 4 rings (SSSR count). The summed E-state index contributed by atoms with van der Waals surface area (Å²) in [5, 5.41) is 3.07. The number of anilines is 1. The summed E-state index contributed by atoms with van der Waals surface area (Å²) >= 11 is 0. The second kappa shape index (κ2) is 10.3. The van der Waals surface area contributed by atoms with E-state index >= 15 is 0 Å². The average Bonchev–Trinajstić information content (AvgIpc) is 2.85. The van der Waals surface area contributed by atoms with Crippen molar-refractivity contribution in [3.8, 4) is 0 Å². The summed E-state index contributed by atoms with van der Waals surface area (Å²) < 4.78 is 40.5. The van der Waals surface area contributed by atoms with Crippen molar-refractivity contribution in [2.24, 2.45) is 0 Å². The molecule has 3 aromatic carbocycles. The number of benzene rings is 3. The van der Waals surface area contributed by atoms with E-state index in [-0.39, 0.29) is 23.3 Å². The molecule has 0 fully saturated rings. The van der Waals surface area contributed by atoms with Crippen LogP contribution in [0.5, 0.6) is 0 Å². The first-order valence-electron chi connectivity index (χ1n) is 10.5. The topological polar surface area (TPSA) is 88.2 Å². The van der Waals surface area contributed by atoms with Crippen LogP contribution in [-0.2, 0) is 21.2 Å². The quantitative estimate of drug-likeness (QED) is 0.394. The van der Waals surface area contributed by atoms with Crippen LogP contribution in [-0.4, -0.2) is 19.3 Å². The zero-order chi connectivity index (χ0) is 24.0. The summed E-state index contributed by atoms with van der Waals surface area (Å²) in [6.45, 7) is 0. The number of nitrogens with one attached hydrogen (secondary N) is 2. The van der Waals surface area contributed by atoms with Gasteiger partial charge < -0.3 is 5.32 Å². The third-order valence-electron chi connectivity index (χ3n) is 5.17. The Morgan fingerprint density at radius 2 is 1.44 bits per heavy atom. The van der Waals surface area contributed by atoms with Gasteiger partial charge in [0, 0.05) is 18.1 Å². The van der Waals surface area contributed by atoms with E-state index in [1.54, 1.807) is 36.7 Å². The number of aromatic nitrogens is 1. The molecule has 0 radical (unpaired) electrons. The van der Waals surface area contributed by atoms with Gasteiger partial charge in [0.25, 0.3) is 10.0 Å². The number of sulfonamides is 1. The fourth-order valence-corrected chi connectivity index (χ4v) is 4.54. The van der Waals surface area contributed by atoms with Crippen molar-refractivity contribution in [2.45, 2.75) is 17.4 Å². The minimum absolute atomic E-state index is 0.0413. The van der Waals surface area contributed by atoms with Gasteiger partial charge in [0.2, 0.25) is 5.91 Å². The smallest absolute Gasteiger partial charge is 0.261 e. The number of carbonyl (C=O) groups is 1. The Kier molecular flexibility index (Phi) is 6.98. The molecule has 1 heterocycles. The van der Waals surface area contributed by atoms with Gasteiger partial charge in [0.1, 0.15) is 5.82 Å². The van der Waals surface area contributed by atoms with E-state index in [1.807, 2.05) is 42.5 Å². The van der Waals surface area contributed by atoms with E-state index in [0.29, 0.717) is 5.69 Å². The van der Waals surface area contributed by atoms with Crippen LogP contribution >= 0.6 is 0 Å². The average molecular weight is 476 g/mol. The number of rotatable bonds is 8. The lowest BCUT2D eigenvalue weighted by Crippen LogP contribution is -2.30. The highest BCUT2D eigenvalue weighted by atomic mass is 32.2. The van der Waals surface area contributed by atoms with Crippen LogP contribution in [0, 0.1) is 5.82 Å². The molecule has 4 aromatic rings. The van der Waals surface area contributed by atoms with Crippen LogP contribution in [0.3, 0.4) is 0 Å². The summed E-state index contributed by atoms with van der Waals surface area (Å²) in [6.07, 6.45) is 3.49. The van der Waals surface area contributed by atoms with Gasteiger partial charge in [0.15, 0.2) is 0 Å². The number of hydrogen-bond donors (Lipinski definition) is 2. The fourth-order valence-electron chi connectivity index (χ4n) is 3.48. The second-order valence-corrected chi connectivity index (χ2v) is 9.31. The van der Waals surface area contributed by atoms with E-state index < -0.39 is 15.8 Å². The van der Waals surface area contributed by atoms with Crippen molar-refractivity contribution >= 4 is 21.6 Å². The molecule has 0 saturated heterocycles. The normalized spacial score (nSPS) is 12.0. The second-order valence-electron chi connectivity index (χ2n) is 7.62. The van der Waals surface area contributed by atoms with Crippen molar-refractivity contribution in [1.82, 2.24) is 10.3 Å². The Morgan fingerprint density at radius 3 is 2.09 bits per heavy atom. The maximum atomic E-state index is 13.1. The van der Waals surface area contributed by atoms with Gasteiger partial charge in [-0.2, -0.15) is 0 Å². The number of amides is 1. The van der Waals surface area contributed by atoms with Gasteiger partial charge in [0.05, 0.1) is 17.4 Å². The molecule has 0 saturated carbocycles. The molecule has 0 aliphatic carbocycles. The Labute approximate surface area is 197 Å². The summed E-state index contributed by atoms with van der Waals surface area (Å²) in [5.74, 6) is -0.690. The largest absolute Gasteiger partial charge is 0.345 e. The predicted molar refractivity (Wildman–Crippen MR) is 128 cm³/mol. The molecular weight excluding hydrogens is 453 g/mol. The number of nitrogens with zero attached hydrogens (tertiary/aromatic N) is 1. The lowest BCUT2D eigenvalue weighted by molar-refractivity contribution is -0.120. The zero-order valence-electron chi connectivity index (χ0n) is 18.1. The first-order chi connectivity index (χ1) is 16.4. The van der Waals surface area contributed by atoms with Crippen molar-refractivity contribution in [1.29, 1.82) is 0 Å². The lowest BCUT2D eigenvalue weighted by atomic mass is 9.99. The molecule has 1 aromatic heterocycles. The molecule has 6 nitrogen and oxygen atoms in total. The van der Waals surface area contributed by atoms with Gasteiger partial charge in [-0.15, -0.1) is 0 Å². The summed E-state index contributed by atoms with van der Waals surface area (Å²) in [6, 6.07) is 24.2. The van der Waals surface area contributed by atoms with Gasteiger partial charge in [-0.1, -0.05) is 42.5 Å². The molecule has 1 amide bonds. The van der Waals surface area contributed by atoms with Gasteiger partial charge in [-0.3, -0.25) is 14.5 Å². The van der Waals surface area contributed by atoms with Crippen LogP contribution in [0.15, 0.2) is 108 Å². The third kappa shape index (κ3) is 5.85. The summed E-state index contributed by atoms with van der Waals surface area (Å²) in [5.41, 5.74) is 2.93. The first kappa shape index (κ1) is 23.1. The highest BCUT2D eigenvalue weighted by Crippen LogP contribution is 2.22. The standard InChI is InChI=1S/C26H22FN3O3S/c27-22-8-12-24(13-9-22)34(32,33)30-23-10-6-19(7-11-23)18-25(31)29-26(20-4-2-1-3-5-20)21-14-16-28-17-15-21/h1-17,26,30H,18H2,(H,29,31). The van der Waals surface area contributed by atoms with Crippen molar-refractivity contribution in [3.63, 3.8) is 0 Å². The van der Waals surface area contributed by atoms with Gasteiger partial charge >= 0.3 is 0 Å². The van der Waals surface area contributed by atoms with Crippen LogP contribution in [0.4, 0.5) is 10.1 Å². The molecule has 34 heavy (non-hydrogen) atoms. The van der Waals surface area contributed by atoms with Crippen LogP contribution in [0.2, 0.25) is 0 Å². The summed E-state index contributed by atoms with van der Waals surface area (Å²) in [7, 11) is -3.84. The Morgan fingerprint density at radius 1 is 0.824 bits per heavy atom. The van der Waals surface area contributed by atoms with Crippen LogP contribution in [0.25, 0.3) is 0 Å². The minimum Gasteiger partial charge on any atom is -0.345 e. The summed E-state index contributed by atoms with van der Waals surface area (Å²) in [4.78, 5) is 16.8. The van der Waals surface area contributed by atoms with Gasteiger partial charge in [-0.25, -0.2) is 12.8 Å². The molecule has 172 valence electrons. The van der Waals surface area contributed by atoms with Crippen molar-refractivity contribution < 1.29 is 17.6 Å². The predicted octanol–water partition coefficient (Wildman–Crippen LogP) is 4.47. The highest BCUT2D eigenvalue weighted by Gasteiger charge is 2.17. The molecule has 0 aliphatic rings. The monoisotopic (exact) mass is 475 g/mol. The van der Waals surface area contributed by atoms with E-state index in [1.165, 1.54) is 12.1 Å². The lowest BCUT2D eigenvalue weighted by Gasteiger charge is -2.20. The zero-order valence-corrected chi connectivity index (χ0v) is 18.9. The van der Waals surface area contributed by atoms with Gasteiger partial charge in [-0.05, 0) is 65.2 Å². The molecule has 0 aliphatic heterocycles. The number of pyridine rings is 1. The number of carbonyl (C=O) groups excluding carboxylic acids is 1. The number of halogens is 1. The van der Waals surface area contributed by atoms with E-state index in [4.69, 9.17) is 0 Å². The van der Waals surface area contributed by atoms with Crippen molar-refractivity contribution in [2.75, 3.05) is 4.72 Å². The molecular formula is C26H22FN3O3S. The molecule has 1 atom stereocenters. The van der Waals surface area contributed by atoms with Crippen LogP contribution in [0.1, 0.15) is 22.7 Å². The van der Waals surface area contributed by atoms with Crippen molar-refractivity contribution in [3.05, 3.63) is 126 Å². The minimum atomic E-state index is -3.84. The van der Waals surface area contributed by atoms with E-state index in [9.17, 15) is 17.6 Å². The van der Waals surface area contributed by atoms with E-state index in [2.05, 4.69) is 15.0 Å². The molecule has 2 N–H and O–H groups in total. The van der Waals surface area contributed by atoms with E-state index in [0.717, 1.165) is 28.8 Å². The Hall–Kier alpha value is -4.04.